The summed E-state index contributed by atoms with van der Waals surface area (Å²) in [6.45, 7) is 2.17. The third-order valence-electron chi connectivity index (χ3n) is 5.46. The SMILES string of the molecule is Cc1c2c(nn1C)-c1[nH]c3cc4ccn(C)c4cc3c1CCC2. The maximum atomic E-state index is 4.80. The van der Waals surface area contributed by atoms with Crippen LogP contribution in [0.15, 0.2) is 24.4 Å². The normalized spacial score (nSPS) is 14.2. The minimum atomic E-state index is 1.12. The van der Waals surface area contributed by atoms with E-state index >= 15 is 0 Å². The summed E-state index contributed by atoms with van der Waals surface area (Å²) in [7, 11) is 4.15. The maximum absolute atomic E-state index is 4.80. The van der Waals surface area contributed by atoms with E-state index < -0.39 is 0 Å². The molecule has 0 aliphatic heterocycles. The van der Waals surface area contributed by atoms with Crippen LogP contribution < -0.4 is 0 Å². The average molecular weight is 304 g/mol. The highest BCUT2D eigenvalue weighted by Gasteiger charge is 2.24. The van der Waals surface area contributed by atoms with Gasteiger partial charge in [-0.05, 0) is 49.9 Å². The number of hydrogen-bond acceptors (Lipinski definition) is 1. The zero-order valence-electron chi connectivity index (χ0n) is 13.8. The van der Waals surface area contributed by atoms with Crippen molar-refractivity contribution in [1.29, 1.82) is 0 Å². The van der Waals surface area contributed by atoms with Gasteiger partial charge < -0.3 is 9.55 Å². The third kappa shape index (κ3) is 1.63. The number of nitrogens with zero attached hydrogens (tertiary/aromatic N) is 3. The number of hydrogen-bond donors (Lipinski definition) is 1. The highest BCUT2D eigenvalue weighted by molar-refractivity contribution is 6.00. The molecule has 1 aliphatic carbocycles. The van der Waals surface area contributed by atoms with Crippen LogP contribution in [0.25, 0.3) is 33.2 Å². The lowest BCUT2D eigenvalue weighted by molar-refractivity contribution is 0.733. The first-order chi connectivity index (χ1) is 11.1. The topological polar surface area (TPSA) is 38.5 Å². The van der Waals surface area contributed by atoms with Gasteiger partial charge in [0.1, 0.15) is 5.69 Å². The fourth-order valence-corrected chi connectivity index (χ4v) is 4.07. The summed E-state index contributed by atoms with van der Waals surface area (Å²) in [6.07, 6.45) is 5.54. The third-order valence-corrected chi connectivity index (χ3v) is 5.46. The zero-order valence-corrected chi connectivity index (χ0v) is 13.8. The van der Waals surface area contributed by atoms with E-state index in [0.29, 0.717) is 0 Å². The van der Waals surface area contributed by atoms with E-state index in [1.165, 1.54) is 50.7 Å². The molecule has 3 aromatic heterocycles. The molecule has 4 heteroatoms. The van der Waals surface area contributed by atoms with Gasteiger partial charge in [0.2, 0.25) is 0 Å². The second-order valence-electron chi connectivity index (χ2n) is 6.75. The Labute approximate surface area is 134 Å². The van der Waals surface area contributed by atoms with Gasteiger partial charge in [0, 0.05) is 53.4 Å². The summed E-state index contributed by atoms with van der Waals surface area (Å²) in [4.78, 5) is 3.67. The van der Waals surface area contributed by atoms with Crippen LogP contribution in [-0.4, -0.2) is 19.3 Å². The summed E-state index contributed by atoms with van der Waals surface area (Å²) in [5.74, 6) is 0. The van der Waals surface area contributed by atoms with E-state index in [2.05, 4.69) is 47.9 Å². The zero-order chi connectivity index (χ0) is 15.7. The molecule has 5 rings (SSSR count). The molecule has 0 radical (unpaired) electrons. The summed E-state index contributed by atoms with van der Waals surface area (Å²) in [5, 5.41) is 7.44. The lowest BCUT2D eigenvalue weighted by Crippen LogP contribution is -1.95. The highest BCUT2D eigenvalue weighted by Crippen LogP contribution is 2.38. The molecule has 3 heterocycles. The molecule has 0 spiro atoms. The quantitative estimate of drug-likeness (QED) is 0.526. The Morgan fingerprint density at radius 3 is 2.83 bits per heavy atom. The van der Waals surface area contributed by atoms with Crippen molar-refractivity contribution in [2.45, 2.75) is 26.2 Å². The average Bonchev–Trinajstić information content (AvgIpc) is 3.12. The highest BCUT2D eigenvalue weighted by atomic mass is 15.3. The van der Waals surface area contributed by atoms with E-state index in [4.69, 9.17) is 5.10 Å². The van der Waals surface area contributed by atoms with Gasteiger partial charge in [-0.3, -0.25) is 4.68 Å². The number of H-pyrrole nitrogens is 1. The van der Waals surface area contributed by atoms with Crippen LogP contribution in [0.4, 0.5) is 0 Å². The predicted octanol–water partition coefficient (Wildman–Crippen LogP) is 3.86. The lowest BCUT2D eigenvalue weighted by atomic mass is 10.0. The number of rotatable bonds is 0. The summed E-state index contributed by atoms with van der Waals surface area (Å²) < 4.78 is 4.21. The first-order valence-corrected chi connectivity index (χ1v) is 8.26. The largest absolute Gasteiger partial charge is 0.353 e. The van der Waals surface area contributed by atoms with Gasteiger partial charge >= 0.3 is 0 Å². The molecule has 0 saturated carbocycles. The van der Waals surface area contributed by atoms with Crippen molar-refractivity contribution in [3.63, 3.8) is 0 Å². The summed E-state index contributed by atoms with van der Waals surface area (Å²) >= 11 is 0. The van der Waals surface area contributed by atoms with Crippen LogP contribution in [0, 0.1) is 6.92 Å². The molecule has 116 valence electrons. The van der Waals surface area contributed by atoms with Crippen LogP contribution in [0.1, 0.15) is 23.2 Å². The van der Waals surface area contributed by atoms with E-state index in [1.54, 1.807) is 0 Å². The number of aryl methyl sites for hydroxylation is 3. The number of benzene rings is 1. The molecule has 4 aromatic rings. The van der Waals surface area contributed by atoms with Gasteiger partial charge in [-0.2, -0.15) is 5.10 Å². The first kappa shape index (κ1) is 13.0. The smallest absolute Gasteiger partial charge is 0.112 e. The number of nitrogens with one attached hydrogen (secondary N) is 1. The van der Waals surface area contributed by atoms with E-state index in [0.717, 1.165) is 18.5 Å². The van der Waals surface area contributed by atoms with Crippen LogP contribution in [0.3, 0.4) is 0 Å². The molecular formula is C19H20N4. The second kappa shape index (κ2) is 4.28. The Bertz CT molecular complexity index is 1070. The molecular weight excluding hydrogens is 284 g/mol. The fraction of sp³-hybridized carbons (Fsp3) is 0.316. The predicted molar refractivity (Wildman–Crippen MR) is 93.7 cm³/mol. The molecule has 0 amide bonds. The summed E-state index contributed by atoms with van der Waals surface area (Å²) in [6, 6.07) is 6.78. The molecule has 0 bridgehead atoms. The number of aromatic amines is 1. The van der Waals surface area contributed by atoms with Crippen molar-refractivity contribution in [1.82, 2.24) is 19.3 Å². The van der Waals surface area contributed by atoms with Gasteiger partial charge in [0.15, 0.2) is 0 Å². The van der Waals surface area contributed by atoms with Gasteiger partial charge in [-0.15, -0.1) is 0 Å². The van der Waals surface area contributed by atoms with E-state index in [1.807, 2.05) is 11.7 Å². The molecule has 1 aliphatic rings. The standard InChI is InChI=1S/C19H20N4/c1-11-13-5-4-6-14-15-10-17-12(7-8-22(17)2)9-16(15)20-18(14)19(13)21-23(11)3/h7-10,20H,4-6H2,1-3H3. The Morgan fingerprint density at radius 1 is 1.13 bits per heavy atom. The molecule has 4 nitrogen and oxygen atoms in total. The minimum Gasteiger partial charge on any atom is -0.353 e. The van der Waals surface area contributed by atoms with Crippen molar-refractivity contribution < 1.29 is 0 Å². The first-order valence-electron chi connectivity index (χ1n) is 8.26. The van der Waals surface area contributed by atoms with Gasteiger partial charge in [0.25, 0.3) is 0 Å². The second-order valence-corrected chi connectivity index (χ2v) is 6.75. The Kier molecular flexibility index (Phi) is 2.42. The molecule has 0 atom stereocenters. The molecule has 0 fully saturated rings. The molecule has 1 N–H and O–H groups in total. The minimum absolute atomic E-state index is 1.12. The van der Waals surface area contributed by atoms with Crippen molar-refractivity contribution in [2.24, 2.45) is 14.1 Å². The van der Waals surface area contributed by atoms with Crippen LogP contribution in [-0.2, 0) is 26.9 Å². The van der Waals surface area contributed by atoms with Crippen molar-refractivity contribution >= 4 is 21.8 Å². The molecule has 1 aromatic carbocycles. The van der Waals surface area contributed by atoms with Gasteiger partial charge in [-0.25, -0.2) is 0 Å². The van der Waals surface area contributed by atoms with Crippen LogP contribution in [0.5, 0.6) is 0 Å². The summed E-state index contributed by atoms with van der Waals surface area (Å²) in [5.41, 5.74) is 9.02. The molecule has 23 heavy (non-hydrogen) atoms. The molecule has 0 saturated heterocycles. The van der Waals surface area contributed by atoms with Crippen molar-refractivity contribution in [2.75, 3.05) is 0 Å². The lowest BCUT2D eigenvalue weighted by Gasteiger charge is -2.01. The number of aromatic nitrogens is 4. The Morgan fingerprint density at radius 2 is 1.96 bits per heavy atom. The van der Waals surface area contributed by atoms with Crippen LogP contribution >= 0.6 is 0 Å². The number of fused-ring (bicyclic) bond motifs is 6. The van der Waals surface area contributed by atoms with Crippen molar-refractivity contribution in [3.8, 4) is 11.4 Å². The van der Waals surface area contributed by atoms with Crippen molar-refractivity contribution in [3.05, 3.63) is 41.2 Å². The monoisotopic (exact) mass is 304 g/mol. The van der Waals surface area contributed by atoms with Crippen LogP contribution in [0.2, 0.25) is 0 Å². The Balaban J connectivity index is 1.88. The van der Waals surface area contributed by atoms with E-state index in [9.17, 15) is 0 Å². The van der Waals surface area contributed by atoms with E-state index in [-0.39, 0.29) is 0 Å². The fourth-order valence-electron chi connectivity index (χ4n) is 4.07. The van der Waals surface area contributed by atoms with Gasteiger partial charge in [0.05, 0.1) is 5.69 Å². The maximum Gasteiger partial charge on any atom is 0.112 e. The Hall–Kier alpha value is -2.49. The van der Waals surface area contributed by atoms with Gasteiger partial charge in [-0.1, -0.05) is 0 Å². The molecule has 0 unspecified atom stereocenters.